The second-order valence-electron chi connectivity index (χ2n) is 3.32. The van der Waals surface area contributed by atoms with Gasteiger partial charge in [-0.3, -0.25) is 0 Å². The number of hydrogen-bond donors (Lipinski definition) is 1. The van der Waals surface area contributed by atoms with Gasteiger partial charge in [-0.2, -0.15) is 0 Å². The third-order valence-electron chi connectivity index (χ3n) is 2.28. The van der Waals surface area contributed by atoms with Gasteiger partial charge in [0.25, 0.3) is 5.90 Å². The van der Waals surface area contributed by atoms with Crippen molar-refractivity contribution in [1.82, 2.24) is 0 Å². The normalized spacial score (nSPS) is 15.8. The zero-order chi connectivity index (χ0) is 12.1. The second kappa shape index (κ2) is 5.54. The molecule has 1 heterocycles. The van der Waals surface area contributed by atoms with Crippen LogP contribution in [0.4, 0.5) is 0 Å². The van der Waals surface area contributed by atoms with Crippen LogP contribution in [0.25, 0.3) is 0 Å². The van der Waals surface area contributed by atoms with Crippen LogP contribution in [0.5, 0.6) is 0 Å². The van der Waals surface area contributed by atoms with Crippen molar-refractivity contribution in [3.8, 4) is 0 Å². The van der Waals surface area contributed by atoms with Crippen LogP contribution in [0, 0.1) is 0 Å². The quantitative estimate of drug-likeness (QED) is 0.388. The monoisotopic (exact) mass is 254 g/mol. The lowest BCUT2D eigenvalue weighted by Gasteiger charge is -2.15. The van der Waals surface area contributed by atoms with Crippen LogP contribution < -0.4 is 0 Å². The summed E-state index contributed by atoms with van der Waals surface area (Å²) < 4.78 is 5.28. The molecule has 0 amide bonds. The van der Waals surface area contributed by atoms with Crippen molar-refractivity contribution in [2.75, 3.05) is 13.2 Å². The van der Waals surface area contributed by atoms with Crippen LogP contribution in [-0.4, -0.2) is 30.0 Å². The average Bonchev–Trinajstić information content (AvgIpc) is 2.41. The van der Waals surface area contributed by atoms with Gasteiger partial charge in [0.2, 0.25) is 0 Å². The molecular formula is C11H11ClN2O3. The average molecular weight is 255 g/mol. The maximum absolute atomic E-state index is 9.08. The molecule has 1 aliphatic rings. The highest BCUT2D eigenvalue weighted by atomic mass is 35.5. The third kappa shape index (κ3) is 2.50. The standard InChI is InChI=1S/C11H11ClN2O3/c12-7-8-3-1-2-4-9(8)10(13-15)11-14-17-6-5-16-11/h1-4,15H,5-7H2. The molecule has 0 bridgehead atoms. The summed E-state index contributed by atoms with van der Waals surface area (Å²) >= 11 is 5.82. The summed E-state index contributed by atoms with van der Waals surface area (Å²) in [7, 11) is 0. The highest BCUT2D eigenvalue weighted by Crippen LogP contribution is 2.15. The molecule has 0 saturated carbocycles. The summed E-state index contributed by atoms with van der Waals surface area (Å²) in [4.78, 5) is 4.90. The first-order valence-corrected chi connectivity index (χ1v) is 5.59. The number of benzene rings is 1. The number of oxime groups is 2. The van der Waals surface area contributed by atoms with Crippen LogP contribution in [-0.2, 0) is 15.5 Å². The Bertz CT molecular complexity index is 460. The zero-order valence-corrected chi connectivity index (χ0v) is 9.72. The molecule has 1 aliphatic heterocycles. The Morgan fingerprint density at radius 1 is 1.41 bits per heavy atom. The van der Waals surface area contributed by atoms with Gasteiger partial charge in [0.15, 0.2) is 12.3 Å². The minimum absolute atomic E-state index is 0.163. The zero-order valence-electron chi connectivity index (χ0n) is 8.97. The summed E-state index contributed by atoms with van der Waals surface area (Å²) in [6, 6.07) is 7.31. The molecule has 0 fully saturated rings. The molecule has 5 nitrogen and oxygen atoms in total. The SMILES string of the molecule is ON=C(C1=NOCCO1)c1ccccc1CCl. The fourth-order valence-electron chi connectivity index (χ4n) is 1.50. The molecule has 2 rings (SSSR count). The van der Waals surface area contributed by atoms with Crippen LogP contribution in [0.3, 0.4) is 0 Å². The molecule has 0 atom stereocenters. The van der Waals surface area contributed by atoms with Crippen LogP contribution in [0.15, 0.2) is 34.6 Å². The Balaban J connectivity index is 2.39. The van der Waals surface area contributed by atoms with E-state index in [1.54, 1.807) is 6.07 Å². The Labute approximate surface area is 103 Å². The van der Waals surface area contributed by atoms with Gasteiger partial charge in [-0.15, -0.1) is 11.6 Å². The largest absolute Gasteiger partial charge is 0.470 e. The van der Waals surface area contributed by atoms with E-state index in [0.29, 0.717) is 24.7 Å². The van der Waals surface area contributed by atoms with E-state index >= 15 is 0 Å². The van der Waals surface area contributed by atoms with Crippen molar-refractivity contribution in [3.05, 3.63) is 35.4 Å². The Morgan fingerprint density at radius 3 is 2.88 bits per heavy atom. The summed E-state index contributed by atoms with van der Waals surface area (Å²) in [5, 5.41) is 16.0. The maximum Gasteiger partial charge on any atom is 0.280 e. The number of ether oxygens (including phenoxy) is 1. The van der Waals surface area contributed by atoms with Gasteiger partial charge in [-0.25, -0.2) is 0 Å². The molecule has 17 heavy (non-hydrogen) atoms. The first kappa shape index (κ1) is 11.7. The third-order valence-corrected chi connectivity index (χ3v) is 2.57. The van der Waals surface area contributed by atoms with E-state index in [1.165, 1.54) is 0 Å². The molecule has 0 radical (unpaired) electrons. The van der Waals surface area contributed by atoms with E-state index in [4.69, 9.17) is 26.4 Å². The molecular weight excluding hydrogens is 244 g/mol. The minimum Gasteiger partial charge on any atom is -0.470 e. The number of alkyl halides is 1. The smallest absolute Gasteiger partial charge is 0.280 e. The van der Waals surface area contributed by atoms with E-state index in [2.05, 4.69) is 10.3 Å². The van der Waals surface area contributed by atoms with Gasteiger partial charge in [-0.05, 0) is 10.7 Å². The lowest BCUT2D eigenvalue weighted by Crippen LogP contribution is -2.26. The Morgan fingerprint density at radius 2 is 2.24 bits per heavy atom. The van der Waals surface area contributed by atoms with E-state index in [9.17, 15) is 0 Å². The highest BCUT2D eigenvalue weighted by molar-refractivity contribution is 6.45. The van der Waals surface area contributed by atoms with Crippen molar-refractivity contribution in [2.24, 2.45) is 10.3 Å². The molecule has 1 aromatic rings. The highest BCUT2D eigenvalue weighted by Gasteiger charge is 2.20. The van der Waals surface area contributed by atoms with Crippen molar-refractivity contribution >= 4 is 23.2 Å². The van der Waals surface area contributed by atoms with E-state index in [1.807, 2.05) is 18.2 Å². The van der Waals surface area contributed by atoms with Gasteiger partial charge >= 0.3 is 0 Å². The predicted molar refractivity (Wildman–Crippen MR) is 63.7 cm³/mol. The van der Waals surface area contributed by atoms with Crippen LogP contribution in [0.2, 0.25) is 0 Å². The number of nitrogens with zero attached hydrogens (tertiary/aromatic N) is 2. The van der Waals surface area contributed by atoms with Gasteiger partial charge in [0.05, 0.1) is 0 Å². The summed E-state index contributed by atoms with van der Waals surface area (Å²) in [6.45, 7) is 0.764. The molecule has 6 heteroatoms. The summed E-state index contributed by atoms with van der Waals surface area (Å²) in [5.74, 6) is 0.472. The second-order valence-corrected chi connectivity index (χ2v) is 3.58. The van der Waals surface area contributed by atoms with Crippen molar-refractivity contribution in [2.45, 2.75) is 5.88 Å². The molecule has 0 aliphatic carbocycles. The van der Waals surface area contributed by atoms with Gasteiger partial charge < -0.3 is 14.8 Å². The van der Waals surface area contributed by atoms with E-state index < -0.39 is 0 Å². The van der Waals surface area contributed by atoms with Crippen LogP contribution >= 0.6 is 11.6 Å². The fourth-order valence-corrected chi connectivity index (χ4v) is 1.73. The van der Waals surface area contributed by atoms with Crippen molar-refractivity contribution < 1.29 is 14.8 Å². The number of halogens is 1. The molecule has 0 unspecified atom stereocenters. The molecule has 90 valence electrons. The molecule has 1 N–H and O–H groups in total. The number of hydrogen-bond acceptors (Lipinski definition) is 5. The van der Waals surface area contributed by atoms with Gasteiger partial charge in [0, 0.05) is 11.4 Å². The lowest BCUT2D eigenvalue weighted by atomic mass is 10.0. The van der Waals surface area contributed by atoms with Gasteiger partial charge in [0.1, 0.15) is 6.61 Å². The summed E-state index contributed by atoms with van der Waals surface area (Å²) in [6.07, 6.45) is 0. The van der Waals surface area contributed by atoms with Crippen molar-refractivity contribution in [1.29, 1.82) is 0 Å². The fraction of sp³-hybridized carbons (Fsp3) is 0.273. The minimum atomic E-state index is 0.163. The molecule has 0 spiro atoms. The summed E-state index contributed by atoms with van der Waals surface area (Å²) in [5.41, 5.74) is 1.73. The van der Waals surface area contributed by atoms with Crippen molar-refractivity contribution in [3.63, 3.8) is 0 Å². The van der Waals surface area contributed by atoms with Crippen LogP contribution in [0.1, 0.15) is 11.1 Å². The van der Waals surface area contributed by atoms with Gasteiger partial charge in [-0.1, -0.05) is 29.4 Å². The first-order chi connectivity index (χ1) is 8.36. The maximum atomic E-state index is 9.08. The molecule has 1 aromatic carbocycles. The van der Waals surface area contributed by atoms with E-state index in [-0.39, 0.29) is 11.6 Å². The Hall–Kier alpha value is -1.75. The number of rotatable bonds is 3. The molecule has 0 saturated heterocycles. The first-order valence-electron chi connectivity index (χ1n) is 5.06. The predicted octanol–water partition coefficient (Wildman–Crippen LogP) is 1.96. The lowest BCUT2D eigenvalue weighted by molar-refractivity contribution is 0.0674. The Kier molecular flexibility index (Phi) is 3.82. The topological polar surface area (TPSA) is 63.4 Å². The molecule has 0 aromatic heterocycles. The van der Waals surface area contributed by atoms with E-state index in [0.717, 1.165) is 5.56 Å².